The molecule has 140 valence electrons. The van der Waals surface area contributed by atoms with Gasteiger partial charge < -0.3 is 15.5 Å². The van der Waals surface area contributed by atoms with Crippen LogP contribution in [-0.2, 0) is 12.8 Å². The Morgan fingerprint density at radius 2 is 1.92 bits per heavy atom. The van der Waals surface area contributed by atoms with Gasteiger partial charge in [0.1, 0.15) is 5.82 Å². The zero-order valence-electron chi connectivity index (χ0n) is 15.2. The number of rotatable bonds is 7. The van der Waals surface area contributed by atoms with Gasteiger partial charge in [-0.05, 0) is 30.9 Å². The van der Waals surface area contributed by atoms with Crippen LogP contribution in [0.15, 0.2) is 34.6 Å². The number of halogens is 1. The Bertz CT molecular complexity index is 724. The molecular weight excluding hydrogens is 349 g/mol. The van der Waals surface area contributed by atoms with Gasteiger partial charge in [-0.25, -0.2) is 9.37 Å². The lowest BCUT2D eigenvalue weighted by Gasteiger charge is -2.12. The minimum atomic E-state index is -0.158. The van der Waals surface area contributed by atoms with Gasteiger partial charge >= 0.3 is 0 Å². The number of thiazole rings is 1. The van der Waals surface area contributed by atoms with Crippen molar-refractivity contribution in [3.8, 4) is 0 Å². The minimum Gasteiger partial charge on any atom is -0.356 e. The number of aromatic nitrogens is 1. The Hall–Kier alpha value is -2.15. The Balaban J connectivity index is 1.38. The maximum absolute atomic E-state index is 13.6. The topological polar surface area (TPSA) is 52.6 Å². The maximum atomic E-state index is 13.6. The van der Waals surface area contributed by atoms with Crippen LogP contribution in [0.5, 0.6) is 0 Å². The highest BCUT2D eigenvalue weighted by molar-refractivity contribution is 7.13. The number of nitrogens with one attached hydrogen (secondary N) is 2. The molecule has 7 heteroatoms. The zero-order chi connectivity index (χ0) is 18.2. The smallest absolute Gasteiger partial charge is 0.190 e. The average Bonchev–Trinajstić information content (AvgIpc) is 3.33. The highest BCUT2D eigenvalue weighted by atomic mass is 32.1. The second-order valence-corrected chi connectivity index (χ2v) is 7.17. The second kappa shape index (κ2) is 9.52. The van der Waals surface area contributed by atoms with Crippen molar-refractivity contribution in [2.45, 2.75) is 25.7 Å². The molecular formula is C19H26FN5S. The molecule has 0 aliphatic carbocycles. The van der Waals surface area contributed by atoms with E-state index in [1.54, 1.807) is 24.5 Å². The van der Waals surface area contributed by atoms with Crippen molar-refractivity contribution < 1.29 is 4.39 Å². The van der Waals surface area contributed by atoms with Gasteiger partial charge in [0.05, 0.1) is 5.69 Å². The molecule has 1 aromatic carbocycles. The molecule has 1 aromatic heterocycles. The SMILES string of the molecule is CN=C(NCCc1csc(N2CCCC2)n1)NCCc1ccccc1F. The highest BCUT2D eigenvalue weighted by Gasteiger charge is 2.15. The molecule has 0 radical (unpaired) electrons. The molecule has 0 spiro atoms. The standard InChI is InChI=1S/C19H26FN5S/c1-21-18(22-10-8-15-6-2-3-7-17(15)20)23-11-9-16-14-26-19(24-16)25-12-4-5-13-25/h2-3,6-7,14H,4-5,8-13H2,1H3,(H2,21,22,23). The van der Waals surface area contributed by atoms with Gasteiger partial charge in [-0.1, -0.05) is 18.2 Å². The monoisotopic (exact) mass is 375 g/mol. The quantitative estimate of drug-likeness (QED) is 0.577. The third-order valence-electron chi connectivity index (χ3n) is 4.46. The fourth-order valence-electron chi connectivity index (χ4n) is 3.01. The summed E-state index contributed by atoms with van der Waals surface area (Å²) >= 11 is 1.73. The molecule has 0 unspecified atom stereocenters. The lowest BCUT2D eigenvalue weighted by molar-refractivity contribution is 0.606. The Morgan fingerprint density at radius 1 is 1.19 bits per heavy atom. The molecule has 3 rings (SSSR count). The number of aliphatic imine (C=N–C) groups is 1. The third-order valence-corrected chi connectivity index (χ3v) is 5.41. The van der Waals surface area contributed by atoms with E-state index in [0.717, 1.165) is 42.8 Å². The number of nitrogens with zero attached hydrogens (tertiary/aromatic N) is 3. The first kappa shape index (κ1) is 18.6. The largest absolute Gasteiger partial charge is 0.356 e. The second-order valence-electron chi connectivity index (χ2n) is 6.33. The molecule has 26 heavy (non-hydrogen) atoms. The van der Waals surface area contributed by atoms with Gasteiger partial charge in [0.2, 0.25) is 0 Å². The van der Waals surface area contributed by atoms with E-state index in [9.17, 15) is 4.39 Å². The summed E-state index contributed by atoms with van der Waals surface area (Å²) in [7, 11) is 1.74. The van der Waals surface area contributed by atoms with Crippen LogP contribution in [-0.4, -0.2) is 44.2 Å². The molecule has 0 saturated carbocycles. The summed E-state index contributed by atoms with van der Waals surface area (Å²) in [5.74, 6) is 0.575. The number of hydrogen-bond acceptors (Lipinski definition) is 4. The van der Waals surface area contributed by atoms with Crippen molar-refractivity contribution in [3.63, 3.8) is 0 Å². The molecule has 1 aliphatic rings. The van der Waals surface area contributed by atoms with E-state index < -0.39 is 0 Å². The zero-order valence-corrected chi connectivity index (χ0v) is 16.0. The summed E-state index contributed by atoms with van der Waals surface area (Å²) in [6.07, 6.45) is 4.02. The first-order valence-corrected chi connectivity index (χ1v) is 10.0. The summed E-state index contributed by atoms with van der Waals surface area (Å²) < 4.78 is 13.6. The van der Waals surface area contributed by atoms with Crippen LogP contribution in [0.3, 0.4) is 0 Å². The van der Waals surface area contributed by atoms with E-state index in [-0.39, 0.29) is 5.82 Å². The van der Waals surface area contributed by atoms with Gasteiger partial charge in [-0.2, -0.15) is 0 Å². The van der Waals surface area contributed by atoms with Crippen LogP contribution in [0.2, 0.25) is 0 Å². The van der Waals surface area contributed by atoms with Crippen LogP contribution >= 0.6 is 11.3 Å². The lowest BCUT2D eigenvalue weighted by Crippen LogP contribution is -2.39. The van der Waals surface area contributed by atoms with Crippen molar-refractivity contribution in [3.05, 3.63) is 46.7 Å². The molecule has 2 heterocycles. The Morgan fingerprint density at radius 3 is 2.65 bits per heavy atom. The van der Waals surface area contributed by atoms with E-state index in [1.807, 2.05) is 12.1 Å². The molecule has 1 fully saturated rings. The van der Waals surface area contributed by atoms with Crippen molar-refractivity contribution in [2.24, 2.45) is 4.99 Å². The van der Waals surface area contributed by atoms with Gasteiger partial charge in [0.25, 0.3) is 0 Å². The average molecular weight is 376 g/mol. The van der Waals surface area contributed by atoms with Crippen LogP contribution in [0, 0.1) is 5.82 Å². The van der Waals surface area contributed by atoms with Crippen LogP contribution < -0.4 is 15.5 Å². The number of benzene rings is 1. The molecule has 0 amide bonds. The molecule has 0 atom stereocenters. The maximum Gasteiger partial charge on any atom is 0.190 e. The lowest BCUT2D eigenvalue weighted by atomic mass is 10.1. The van der Waals surface area contributed by atoms with Crippen LogP contribution in [0.25, 0.3) is 0 Å². The summed E-state index contributed by atoms with van der Waals surface area (Å²) in [6.45, 7) is 3.66. The first-order chi connectivity index (χ1) is 12.8. The molecule has 0 bridgehead atoms. The van der Waals surface area contributed by atoms with E-state index in [4.69, 9.17) is 4.98 Å². The van der Waals surface area contributed by atoms with Crippen molar-refractivity contribution in [1.29, 1.82) is 0 Å². The van der Waals surface area contributed by atoms with Gasteiger partial charge in [0, 0.05) is 45.0 Å². The third kappa shape index (κ3) is 5.17. The summed E-state index contributed by atoms with van der Waals surface area (Å²) in [5, 5.41) is 9.81. The number of hydrogen-bond donors (Lipinski definition) is 2. The highest BCUT2D eigenvalue weighted by Crippen LogP contribution is 2.24. The van der Waals surface area contributed by atoms with Crippen LogP contribution in [0.1, 0.15) is 24.1 Å². The minimum absolute atomic E-state index is 0.158. The van der Waals surface area contributed by atoms with E-state index in [2.05, 4.69) is 25.9 Å². The van der Waals surface area contributed by atoms with E-state index in [0.29, 0.717) is 18.5 Å². The number of guanidine groups is 1. The van der Waals surface area contributed by atoms with Crippen molar-refractivity contribution >= 4 is 22.4 Å². The summed E-state index contributed by atoms with van der Waals surface area (Å²) in [4.78, 5) is 11.3. The van der Waals surface area contributed by atoms with Crippen molar-refractivity contribution in [2.75, 3.05) is 38.1 Å². The molecule has 2 aromatic rings. The first-order valence-electron chi connectivity index (χ1n) is 9.13. The van der Waals surface area contributed by atoms with Gasteiger partial charge in [0.15, 0.2) is 11.1 Å². The van der Waals surface area contributed by atoms with Gasteiger partial charge in [-0.3, -0.25) is 4.99 Å². The Labute approximate surface area is 158 Å². The van der Waals surface area contributed by atoms with Crippen molar-refractivity contribution in [1.82, 2.24) is 15.6 Å². The molecule has 5 nitrogen and oxygen atoms in total. The van der Waals surface area contributed by atoms with Gasteiger partial charge in [-0.15, -0.1) is 11.3 Å². The van der Waals surface area contributed by atoms with E-state index in [1.165, 1.54) is 18.9 Å². The normalized spacial score (nSPS) is 14.7. The van der Waals surface area contributed by atoms with Crippen LogP contribution in [0.4, 0.5) is 9.52 Å². The molecule has 1 saturated heterocycles. The molecule has 1 aliphatic heterocycles. The summed E-state index contributed by atoms with van der Waals surface area (Å²) in [6, 6.07) is 6.87. The van der Waals surface area contributed by atoms with E-state index >= 15 is 0 Å². The predicted molar refractivity (Wildman–Crippen MR) is 107 cm³/mol. The fraction of sp³-hybridized carbons (Fsp3) is 0.474. The molecule has 2 N–H and O–H groups in total. The Kier molecular flexibility index (Phi) is 6.82. The predicted octanol–water partition coefficient (Wildman–Crippen LogP) is 2.83. The number of anilines is 1. The summed E-state index contributed by atoms with van der Waals surface area (Å²) in [5.41, 5.74) is 1.83. The fourth-order valence-corrected chi connectivity index (χ4v) is 3.92.